The van der Waals surface area contributed by atoms with Crippen molar-refractivity contribution >= 4 is 250 Å². The summed E-state index contributed by atoms with van der Waals surface area (Å²) in [6, 6.07) is 64.2. The zero-order valence-corrected chi connectivity index (χ0v) is 97.8. The lowest BCUT2D eigenvalue weighted by molar-refractivity contribution is -0.685. The second-order valence-electron chi connectivity index (χ2n) is 34.9. The van der Waals surface area contributed by atoms with Crippen LogP contribution in [0.2, 0.25) is 5.02 Å². The fourth-order valence-corrected chi connectivity index (χ4v) is 32.0. The van der Waals surface area contributed by atoms with Gasteiger partial charge in [-0.1, -0.05) is 209 Å². The fourth-order valence-electron chi connectivity index (χ4n) is 17.2. The SMILES string of the molecule is CCc1ccc2c(c1)S/C(=c1/s/c(=C\c3ccccn3)n(CC)c1=O)N2C.CCn1c(=O)/c(=C2\Sc3cc(C(C)C)ccc3N2C)s/c1=C\c1ccccn1.CCn1c(=O)/c(=C2\Sc3cc(Cl)ccc3N2C)s/c1=C\c1scc[n+]1Cc1ccccc1C.CCn1c(=O)/c(=C2\Sc3cc(F)ccc3N2C)s/c1=C\c1scc[n+]1Cc1ccccc1C.CCn1c(=O)/c(=C2\Sc3ccc(Br)cc3N2C)s/c1=C\c1ccccn1.[Cl-].[Cl-]. The van der Waals surface area contributed by atoms with Crippen LogP contribution in [0, 0.1) is 19.7 Å². The third-order valence-electron chi connectivity index (χ3n) is 25.3. The molecule has 0 bridgehead atoms. The van der Waals surface area contributed by atoms with Crippen molar-refractivity contribution in [3.05, 3.63) is 409 Å². The Kier molecular flexibility index (Phi) is 36.6. The molecule has 0 unspecified atom stereocenters. The van der Waals surface area contributed by atoms with E-state index in [2.05, 4.69) is 227 Å². The number of pyridine rings is 3. The highest BCUT2D eigenvalue weighted by atomic mass is 79.9. The van der Waals surface area contributed by atoms with E-state index in [1.54, 1.807) is 128 Å². The lowest BCUT2D eigenvalue weighted by atomic mass is 10.0. The second kappa shape index (κ2) is 49.3. The highest BCUT2D eigenvalue weighted by molar-refractivity contribution is 9.10. The fraction of sp³-hybridized carbons (Fsp3) is 0.214. The van der Waals surface area contributed by atoms with E-state index in [0.29, 0.717) is 48.2 Å². The van der Waals surface area contributed by atoms with Crippen LogP contribution < -0.4 is 132 Å². The van der Waals surface area contributed by atoms with Crippen molar-refractivity contribution in [2.75, 3.05) is 59.7 Å². The predicted molar refractivity (Wildman–Crippen MR) is 624 cm³/mol. The van der Waals surface area contributed by atoms with E-state index in [9.17, 15) is 28.4 Å². The number of thiazole rings is 7. The monoisotopic (exact) mass is 2330 g/mol. The van der Waals surface area contributed by atoms with Crippen molar-refractivity contribution in [2.24, 2.45) is 0 Å². The quantitative estimate of drug-likeness (QED) is 0.0835. The van der Waals surface area contributed by atoms with Crippen molar-refractivity contribution < 1.29 is 38.3 Å². The lowest BCUT2D eigenvalue weighted by Gasteiger charge is -2.13. The first-order valence-electron chi connectivity index (χ1n) is 47.9. The molecular weight excluding hydrogens is 2230 g/mol. The van der Waals surface area contributed by atoms with Gasteiger partial charge in [-0.3, -0.25) is 61.8 Å². The number of fused-ring (bicyclic) bond motifs is 5. The molecule has 0 amide bonds. The first-order chi connectivity index (χ1) is 71.1. The number of anilines is 5. The number of hydrogen-bond donors (Lipinski definition) is 0. The van der Waals surface area contributed by atoms with E-state index in [1.807, 2.05) is 195 Å². The largest absolute Gasteiger partial charge is 1.00 e. The molecule has 37 heteroatoms. The summed E-state index contributed by atoms with van der Waals surface area (Å²) in [6.45, 7) is 25.6. The van der Waals surface area contributed by atoms with Crippen molar-refractivity contribution in [1.29, 1.82) is 0 Å². The number of benzene rings is 7. The average Bonchev–Trinajstić information content (AvgIpc) is 1.63. The van der Waals surface area contributed by atoms with Gasteiger partial charge in [0.25, 0.3) is 37.8 Å². The maximum Gasteiger partial charge on any atom is 0.271 e. The molecule has 10 aromatic heterocycles. The topological polar surface area (TPSA) is 173 Å². The van der Waals surface area contributed by atoms with Crippen LogP contribution in [-0.2, 0) is 52.2 Å². The van der Waals surface area contributed by atoms with Crippen LogP contribution in [0.3, 0.4) is 0 Å². The Hall–Kier alpha value is -10.9. The van der Waals surface area contributed by atoms with Gasteiger partial charge in [0.15, 0.2) is 25.5 Å². The molecule has 0 atom stereocenters. The molecule has 0 saturated carbocycles. The number of rotatable bonds is 16. The molecule has 20 nitrogen and oxygen atoms in total. The van der Waals surface area contributed by atoms with E-state index in [4.69, 9.17) is 11.6 Å². The lowest BCUT2D eigenvalue weighted by Crippen LogP contribution is -3.00. The number of thioether (sulfide) groups is 5. The number of nitrogens with zero attached hydrogens (tertiary/aromatic N) is 15. The third-order valence-corrected chi connectivity index (χ3v) is 40.1. The molecule has 0 aliphatic carbocycles. The molecule has 149 heavy (non-hydrogen) atoms. The Labute approximate surface area is 937 Å². The molecule has 17 aromatic rings. The summed E-state index contributed by atoms with van der Waals surface area (Å²) in [4.78, 5) is 95.0. The summed E-state index contributed by atoms with van der Waals surface area (Å²) in [7, 11) is 10.0. The van der Waals surface area contributed by atoms with Crippen LogP contribution in [0.4, 0.5) is 32.8 Å². The molecule has 0 N–H and O–H groups in total. The minimum Gasteiger partial charge on any atom is -1.00 e. The zero-order valence-electron chi connectivity index (χ0n) is 84.2. The van der Waals surface area contributed by atoms with Crippen molar-refractivity contribution in [3.8, 4) is 0 Å². The van der Waals surface area contributed by atoms with Gasteiger partial charge < -0.3 is 49.3 Å². The summed E-state index contributed by atoms with van der Waals surface area (Å²) in [5.41, 5.74) is 16.0. The highest BCUT2D eigenvalue weighted by Crippen LogP contribution is 2.51. The van der Waals surface area contributed by atoms with E-state index in [-0.39, 0.29) is 58.4 Å². The summed E-state index contributed by atoms with van der Waals surface area (Å²) in [5, 5.41) is 11.9. The van der Waals surface area contributed by atoms with Crippen LogP contribution in [0.5, 0.6) is 0 Å². The molecule has 0 fully saturated rings. The molecule has 0 spiro atoms. The first kappa shape index (κ1) is 111. The Morgan fingerprint density at radius 3 is 1.08 bits per heavy atom. The molecule has 5 aliphatic heterocycles. The molecule has 0 saturated heterocycles. The predicted octanol–water partition coefficient (Wildman–Crippen LogP) is 12.2. The second-order valence-corrected chi connectivity index (χ2v) is 48.4. The summed E-state index contributed by atoms with van der Waals surface area (Å²) in [5.74, 6) is 0.219. The summed E-state index contributed by atoms with van der Waals surface area (Å²) in [6.07, 6.45) is 20.7. The summed E-state index contributed by atoms with van der Waals surface area (Å²) < 4.78 is 36.9. The molecule has 0 radical (unpaired) electrons. The van der Waals surface area contributed by atoms with E-state index in [0.717, 1.165) is 155 Å². The van der Waals surface area contributed by atoms with Crippen molar-refractivity contribution in [2.45, 2.75) is 152 Å². The van der Waals surface area contributed by atoms with Gasteiger partial charge in [-0.15, -0.1) is 56.7 Å². The Morgan fingerprint density at radius 1 is 0.376 bits per heavy atom. The molecule has 15 heterocycles. The molecule has 5 aliphatic rings. The maximum absolute atomic E-state index is 13.7. The van der Waals surface area contributed by atoms with Crippen LogP contribution in [-0.4, -0.2) is 73.0 Å². The van der Waals surface area contributed by atoms with Gasteiger partial charge in [0.05, 0.1) is 68.4 Å². The standard InChI is InChI=1S/C25H23ClN3OS3.C25H23FN3OS3.C22H23N3OS2.C21H21N3OS2.C19H16BrN3OS2.2ClH/c2*1-4-29-22(14-21-28(11-12-31-21)15-17-8-6-5-7-16(17)2)33-23(24(29)30)25-27(3)19-10-9-18(26)13-20(19)32-25;1-5-25-19(13-16-8-6-7-11-23-16)28-20(21(25)26)22-24(4)17-10-9-15(14(2)3)12-18(17)27-22;1-4-14-9-10-16-17(12-14)26-21(23(16)3)19-20(25)24(5-2)18(27-19)13-15-8-6-7-11-22-15;1-3-23-16(11-13-6-4-5-9-21-13)26-17(18(23)24)19-22(2)14-10-12(20)7-8-15(14)25-19;;/h2*5-14H,4,15H2,1-3H3;6-14H,5H2,1-4H3;6-13H,4-5H2,1-3H3;4-11H,3H2,1-2H3;2*1H/q2*+1;;;;;/p-2/b2*25-23+;19-13-,22-20+;18-13-,21-19+;16-11-,19-17+;;. The van der Waals surface area contributed by atoms with Crippen LogP contribution in [0.25, 0.3) is 55.5 Å². The number of aromatic nitrogens is 10. The van der Waals surface area contributed by atoms with E-state index < -0.39 is 0 Å². The summed E-state index contributed by atoms with van der Waals surface area (Å²) >= 11 is 28.8. The minimum atomic E-state index is -0.266. The molecule has 7 aromatic carbocycles. The zero-order chi connectivity index (χ0) is 103. The van der Waals surface area contributed by atoms with E-state index in [1.165, 1.54) is 95.4 Å². The number of hydrogen-bond acceptors (Lipinski definition) is 25. The van der Waals surface area contributed by atoms with Gasteiger partial charge in [0.2, 0.25) is 0 Å². The highest BCUT2D eigenvalue weighted by Gasteiger charge is 2.32. The molecule has 766 valence electrons. The van der Waals surface area contributed by atoms with Crippen molar-refractivity contribution in [1.82, 2.24) is 37.8 Å². The van der Waals surface area contributed by atoms with Gasteiger partial charge >= 0.3 is 0 Å². The van der Waals surface area contributed by atoms with Gasteiger partial charge in [-0.2, -0.15) is 9.13 Å². The van der Waals surface area contributed by atoms with Crippen LogP contribution in [0.1, 0.15) is 122 Å². The Balaban J connectivity index is 0.000000133. The Morgan fingerprint density at radius 2 is 0.711 bits per heavy atom. The van der Waals surface area contributed by atoms with Crippen LogP contribution >= 0.6 is 166 Å². The molecular formula is C112H106BrCl3FN15O5S12. The molecule has 22 rings (SSSR count). The van der Waals surface area contributed by atoms with Gasteiger partial charge in [0.1, 0.15) is 76.9 Å². The minimum absolute atomic E-state index is 0. The average molecular weight is 2330 g/mol. The smallest absolute Gasteiger partial charge is 0.271 e. The van der Waals surface area contributed by atoms with Crippen molar-refractivity contribution in [3.63, 3.8) is 0 Å². The normalized spacial score (nSPS) is 15.6. The van der Waals surface area contributed by atoms with Gasteiger partial charge in [-0.25, -0.2) is 4.39 Å². The maximum atomic E-state index is 13.7. The number of aryl methyl sites for hydroxylation is 3. The van der Waals surface area contributed by atoms with Gasteiger partial charge in [0, 0.05) is 132 Å². The number of halogens is 5. The van der Waals surface area contributed by atoms with Crippen LogP contribution in [0.15, 0.2) is 289 Å². The van der Waals surface area contributed by atoms with Gasteiger partial charge in [-0.05, 0) is 217 Å². The Bertz CT molecular complexity index is 8740. The first-order valence-corrected chi connectivity index (χ1v) is 59.0. The van der Waals surface area contributed by atoms with E-state index >= 15 is 0 Å². The third kappa shape index (κ3) is 23.8.